The van der Waals surface area contributed by atoms with E-state index in [9.17, 15) is 5.26 Å². The van der Waals surface area contributed by atoms with Gasteiger partial charge in [0.15, 0.2) is 0 Å². The second kappa shape index (κ2) is 7.76. The minimum Gasteiger partial charge on any atom is -0.383 e. The maximum Gasteiger partial charge on any atom is 0.103 e. The van der Waals surface area contributed by atoms with Crippen molar-refractivity contribution in [2.75, 3.05) is 23.9 Å². The Kier molecular flexibility index (Phi) is 5.69. The van der Waals surface area contributed by atoms with E-state index < -0.39 is 0 Å². The molecule has 0 amide bonds. The van der Waals surface area contributed by atoms with E-state index in [0.29, 0.717) is 5.56 Å². The zero-order valence-electron chi connectivity index (χ0n) is 11.7. The Bertz CT molecular complexity index is 604. The Balaban J connectivity index is 2.06. The third-order valence-corrected chi connectivity index (χ3v) is 3.92. The fraction of sp³-hybridized carbons (Fsp3) is 0.375. The van der Waals surface area contributed by atoms with Gasteiger partial charge in [0.2, 0.25) is 0 Å². The summed E-state index contributed by atoms with van der Waals surface area (Å²) in [5.41, 5.74) is 2.46. The summed E-state index contributed by atoms with van der Waals surface area (Å²) in [6, 6.07) is 10.2. The van der Waals surface area contributed by atoms with E-state index in [2.05, 4.69) is 22.6 Å². The van der Waals surface area contributed by atoms with Crippen LogP contribution >= 0.6 is 11.8 Å². The molecule has 1 N–H and O–H groups in total. The predicted octanol–water partition coefficient (Wildman–Crippen LogP) is 4.05. The lowest BCUT2D eigenvalue weighted by atomic mass is 10.1. The predicted molar refractivity (Wildman–Crippen MR) is 87.2 cm³/mol. The lowest BCUT2D eigenvalue weighted by Gasteiger charge is -2.11. The number of nitrogens with one attached hydrogen (secondary N) is 1. The van der Waals surface area contributed by atoms with Gasteiger partial charge in [0.1, 0.15) is 6.07 Å². The molecule has 1 aromatic heterocycles. The van der Waals surface area contributed by atoms with Gasteiger partial charge in [-0.25, -0.2) is 0 Å². The van der Waals surface area contributed by atoms with Crippen LogP contribution in [0.2, 0.25) is 0 Å². The Morgan fingerprint density at radius 2 is 2.10 bits per heavy atom. The average molecular weight is 285 g/mol. The molecule has 0 spiro atoms. The maximum atomic E-state index is 9.22. The largest absolute Gasteiger partial charge is 0.383 e. The van der Waals surface area contributed by atoms with Gasteiger partial charge in [-0.3, -0.25) is 4.98 Å². The van der Waals surface area contributed by atoms with E-state index in [1.54, 1.807) is 6.20 Å². The molecule has 104 valence electrons. The molecule has 20 heavy (non-hydrogen) atoms. The number of pyridine rings is 1. The van der Waals surface area contributed by atoms with Crippen molar-refractivity contribution in [2.45, 2.75) is 19.3 Å². The van der Waals surface area contributed by atoms with Crippen LogP contribution in [0.3, 0.4) is 0 Å². The van der Waals surface area contributed by atoms with E-state index in [-0.39, 0.29) is 0 Å². The van der Waals surface area contributed by atoms with Crippen molar-refractivity contribution in [2.24, 2.45) is 0 Å². The second-order valence-electron chi connectivity index (χ2n) is 4.66. The quantitative estimate of drug-likeness (QED) is 0.780. The fourth-order valence-corrected chi connectivity index (χ4v) is 2.67. The standard InChI is InChI=1S/C16H19N3S/c1-20-10-6-2-5-9-18-16-13(11-17)12-19-15-8-4-3-7-14(15)16/h3-4,7-8,12H,2,5-6,9-10H2,1H3,(H,18,19). The number of para-hydroxylation sites is 1. The zero-order valence-corrected chi connectivity index (χ0v) is 12.5. The highest BCUT2D eigenvalue weighted by Gasteiger charge is 2.07. The number of anilines is 1. The summed E-state index contributed by atoms with van der Waals surface area (Å²) < 4.78 is 0. The molecule has 1 heterocycles. The van der Waals surface area contributed by atoms with Crippen molar-refractivity contribution >= 4 is 28.4 Å². The summed E-state index contributed by atoms with van der Waals surface area (Å²) in [4.78, 5) is 4.32. The first kappa shape index (κ1) is 14.7. The topological polar surface area (TPSA) is 48.7 Å². The molecule has 4 heteroatoms. The first-order valence-electron chi connectivity index (χ1n) is 6.87. The molecule has 0 bridgehead atoms. The molecule has 0 saturated heterocycles. The van der Waals surface area contributed by atoms with Gasteiger partial charge in [-0.2, -0.15) is 17.0 Å². The molecule has 2 rings (SSSR count). The molecule has 2 aromatic rings. The van der Waals surface area contributed by atoms with Crippen LogP contribution in [0.5, 0.6) is 0 Å². The van der Waals surface area contributed by atoms with Gasteiger partial charge < -0.3 is 5.32 Å². The minimum atomic E-state index is 0.618. The summed E-state index contributed by atoms with van der Waals surface area (Å²) in [6.07, 6.45) is 7.39. The van der Waals surface area contributed by atoms with Crippen LogP contribution in [0.1, 0.15) is 24.8 Å². The minimum absolute atomic E-state index is 0.618. The van der Waals surface area contributed by atoms with Crippen LogP contribution in [0.4, 0.5) is 5.69 Å². The lowest BCUT2D eigenvalue weighted by Crippen LogP contribution is -2.04. The molecule has 0 aliphatic carbocycles. The number of unbranched alkanes of at least 4 members (excludes halogenated alkanes) is 2. The number of aromatic nitrogens is 1. The number of benzene rings is 1. The van der Waals surface area contributed by atoms with Gasteiger partial charge in [0, 0.05) is 18.1 Å². The van der Waals surface area contributed by atoms with Gasteiger partial charge >= 0.3 is 0 Å². The van der Waals surface area contributed by atoms with E-state index in [1.165, 1.54) is 18.6 Å². The van der Waals surface area contributed by atoms with Crippen LogP contribution in [0, 0.1) is 11.3 Å². The molecule has 0 unspecified atom stereocenters. The summed E-state index contributed by atoms with van der Waals surface area (Å²) in [7, 11) is 0. The average Bonchev–Trinajstić information content (AvgIpc) is 2.50. The summed E-state index contributed by atoms with van der Waals surface area (Å²) >= 11 is 1.89. The SMILES string of the molecule is CSCCCCCNc1c(C#N)cnc2ccccc12. The monoisotopic (exact) mass is 285 g/mol. The number of hydrogen-bond donors (Lipinski definition) is 1. The summed E-state index contributed by atoms with van der Waals surface area (Å²) in [5.74, 6) is 1.22. The first-order chi connectivity index (χ1) is 9.86. The Morgan fingerprint density at radius 1 is 1.25 bits per heavy atom. The molecule has 3 nitrogen and oxygen atoms in total. The highest BCUT2D eigenvalue weighted by atomic mass is 32.2. The summed E-state index contributed by atoms with van der Waals surface area (Å²) in [5, 5.41) is 13.7. The number of hydrogen-bond acceptors (Lipinski definition) is 4. The van der Waals surface area contributed by atoms with Crippen molar-refractivity contribution < 1.29 is 0 Å². The fourth-order valence-electron chi connectivity index (χ4n) is 2.18. The zero-order chi connectivity index (χ0) is 14.2. The van der Waals surface area contributed by atoms with Crippen LogP contribution in [-0.4, -0.2) is 23.5 Å². The van der Waals surface area contributed by atoms with Gasteiger partial charge in [0.25, 0.3) is 0 Å². The normalized spacial score (nSPS) is 10.4. The molecular formula is C16H19N3S. The summed E-state index contributed by atoms with van der Waals surface area (Å²) in [6.45, 7) is 0.900. The highest BCUT2D eigenvalue weighted by molar-refractivity contribution is 7.98. The molecule has 0 radical (unpaired) electrons. The molecule has 1 aromatic carbocycles. The van der Waals surface area contributed by atoms with Gasteiger partial charge in [-0.15, -0.1) is 0 Å². The Labute approximate surface area is 124 Å². The van der Waals surface area contributed by atoms with Crippen LogP contribution in [0.15, 0.2) is 30.5 Å². The van der Waals surface area contributed by atoms with Crippen LogP contribution in [-0.2, 0) is 0 Å². The van der Waals surface area contributed by atoms with E-state index in [0.717, 1.165) is 29.6 Å². The second-order valence-corrected chi connectivity index (χ2v) is 5.64. The van der Waals surface area contributed by atoms with E-state index >= 15 is 0 Å². The smallest absolute Gasteiger partial charge is 0.103 e. The van der Waals surface area contributed by atoms with E-state index in [1.807, 2.05) is 36.0 Å². The van der Waals surface area contributed by atoms with Crippen LogP contribution < -0.4 is 5.32 Å². The molecule has 0 fully saturated rings. The van der Waals surface area contributed by atoms with Gasteiger partial charge in [-0.1, -0.05) is 24.6 Å². The van der Waals surface area contributed by atoms with Gasteiger partial charge in [0.05, 0.1) is 16.8 Å². The first-order valence-corrected chi connectivity index (χ1v) is 8.27. The highest BCUT2D eigenvalue weighted by Crippen LogP contribution is 2.25. The van der Waals surface area contributed by atoms with Crippen molar-refractivity contribution in [3.63, 3.8) is 0 Å². The third kappa shape index (κ3) is 3.64. The Hall–Kier alpha value is -1.73. The number of thioether (sulfide) groups is 1. The van der Waals surface area contributed by atoms with Crippen molar-refractivity contribution in [1.82, 2.24) is 4.98 Å². The number of nitriles is 1. The van der Waals surface area contributed by atoms with Crippen LogP contribution in [0.25, 0.3) is 10.9 Å². The molecule has 0 aliphatic rings. The lowest BCUT2D eigenvalue weighted by molar-refractivity contribution is 0.750. The third-order valence-electron chi connectivity index (χ3n) is 3.22. The van der Waals surface area contributed by atoms with E-state index in [4.69, 9.17) is 0 Å². The number of rotatable bonds is 7. The number of nitrogens with zero attached hydrogens (tertiary/aromatic N) is 2. The van der Waals surface area contributed by atoms with Crippen molar-refractivity contribution in [1.29, 1.82) is 5.26 Å². The van der Waals surface area contributed by atoms with Gasteiger partial charge in [-0.05, 0) is 30.9 Å². The van der Waals surface area contributed by atoms with Crippen molar-refractivity contribution in [3.8, 4) is 6.07 Å². The number of fused-ring (bicyclic) bond motifs is 1. The molecule has 0 atom stereocenters. The maximum absolute atomic E-state index is 9.22. The van der Waals surface area contributed by atoms with Crippen molar-refractivity contribution in [3.05, 3.63) is 36.0 Å². The molecular weight excluding hydrogens is 266 g/mol. The molecule has 0 saturated carbocycles. The molecule has 0 aliphatic heterocycles. The Morgan fingerprint density at radius 3 is 2.90 bits per heavy atom.